The van der Waals surface area contributed by atoms with Gasteiger partial charge < -0.3 is 14.6 Å². The highest BCUT2D eigenvalue weighted by Crippen LogP contribution is 2.33. The molecule has 1 amide bonds. The van der Waals surface area contributed by atoms with Crippen molar-refractivity contribution in [2.24, 2.45) is 13.0 Å². The fourth-order valence-electron chi connectivity index (χ4n) is 3.82. The van der Waals surface area contributed by atoms with E-state index in [0.29, 0.717) is 30.5 Å². The van der Waals surface area contributed by atoms with E-state index in [4.69, 9.17) is 4.74 Å². The summed E-state index contributed by atoms with van der Waals surface area (Å²) in [6.45, 7) is 1.10. The Hall–Kier alpha value is -3.74. The number of carbonyl (C=O) groups excluding carboxylic acids is 1. The third kappa shape index (κ3) is 3.28. The molecule has 5 rings (SSSR count). The van der Waals surface area contributed by atoms with Gasteiger partial charge in [-0.2, -0.15) is 0 Å². The number of nitrogens with zero attached hydrogens (tertiary/aromatic N) is 3. The lowest BCUT2D eigenvalue weighted by molar-refractivity contribution is -0.119. The van der Waals surface area contributed by atoms with E-state index in [9.17, 15) is 9.59 Å². The third-order valence-electron chi connectivity index (χ3n) is 5.47. The van der Waals surface area contributed by atoms with Crippen LogP contribution in [0.25, 0.3) is 32.9 Å². The Morgan fingerprint density at radius 1 is 1.07 bits per heavy atom. The Kier molecular flexibility index (Phi) is 4.43. The molecule has 1 fully saturated rings. The van der Waals surface area contributed by atoms with Crippen LogP contribution in [0.1, 0.15) is 6.42 Å². The minimum Gasteiger partial charge on any atom is -0.492 e. The van der Waals surface area contributed by atoms with Gasteiger partial charge in [-0.1, -0.05) is 6.07 Å². The molecule has 0 spiro atoms. The molecule has 0 radical (unpaired) electrons. The summed E-state index contributed by atoms with van der Waals surface area (Å²) >= 11 is 0. The van der Waals surface area contributed by atoms with Crippen LogP contribution in [0.3, 0.4) is 0 Å². The molecule has 2 aromatic carbocycles. The highest BCUT2D eigenvalue weighted by atomic mass is 16.5. The van der Waals surface area contributed by atoms with Gasteiger partial charge in [-0.3, -0.25) is 14.6 Å². The lowest BCUT2D eigenvalue weighted by Gasteiger charge is -2.14. The zero-order valence-corrected chi connectivity index (χ0v) is 16.5. The van der Waals surface area contributed by atoms with E-state index in [1.54, 1.807) is 19.3 Å². The number of rotatable bonds is 4. The van der Waals surface area contributed by atoms with Crippen LogP contribution in [0.4, 0.5) is 0 Å². The molecular formula is C23H20N4O3. The summed E-state index contributed by atoms with van der Waals surface area (Å²) in [5.74, 6) is 0.958. The van der Waals surface area contributed by atoms with Crippen molar-refractivity contribution in [3.05, 3.63) is 65.3 Å². The molecule has 7 heteroatoms. The number of carbonyl (C=O) groups is 1. The Morgan fingerprint density at radius 2 is 1.90 bits per heavy atom. The van der Waals surface area contributed by atoms with E-state index in [2.05, 4.69) is 15.3 Å². The van der Waals surface area contributed by atoms with Crippen LogP contribution in [0, 0.1) is 5.92 Å². The average Bonchev–Trinajstić information content (AvgIpc) is 3.19. The molecule has 1 aliphatic rings. The summed E-state index contributed by atoms with van der Waals surface area (Å²) in [4.78, 5) is 32.6. The second kappa shape index (κ2) is 7.26. The standard InChI is InChI=1S/C23H20N4O3/c1-27-13-26-20-8-15(4-5-18(20)23(27)29)16-9-19-17(3-2-6-24-19)21(10-16)30-12-14-7-22(28)25-11-14/h2-6,8-10,13-14H,7,11-12H2,1H3,(H,25,28)/t14-/m1/s1. The maximum atomic E-state index is 12.3. The largest absolute Gasteiger partial charge is 0.492 e. The van der Waals surface area contributed by atoms with Crippen LogP contribution in [-0.4, -0.2) is 33.6 Å². The second-order valence-electron chi connectivity index (χ2n) is 7.62. The molecule has 0 saturated carbocycles. The summed E-state index contributed by atoms with van der Waals surface area (Å²) in [5, 5.41) is 4.34. The van der Waals surface area contributed by atoms with E-state index >= 15 is 0 Å². The molecule has 1 N–H and O–H groups in total. The molecule has 1 saturated heterocycles. The minimum atomic E-state index is -0.0736. The Bertz CT molecular complexity index is 1350. The highest BCUT2D eigenvalue weighted by molar-refractivity contribution is 5.92. The number of ether oxygens (including phenoxy) is 1. The number of nitrogens with one attached hydrogen (secondary N) is 1. The molecule has 150 valence electrons. The van der Waals surface area contributed by atoms with Crippen molar-refractivity contribution in [1.29, 1.82) is 0 Å². The number of fused-ring (bicyclic) bond motifs is 2. The molecule has 7 nitrogen and oxygen atoms in total. The quantitative estimate of drug-likeness (QED) is 0.569. The fourth-order valence-corrected chi connectivity index (χ4v) is 3.82. The maximum absolute atomic E-state index is 12.3. The lowest BCUT2D eigenvalue weighted by atomic mass is 10.0. The Balaban J connectivity index is 1.56. The highest BCUT2D eigenvalue weighted by Gasteiger charge is 2.22. The molecule has 0 aliphatic carbocycles. The number of aryl methyl sites for hydroxylation is 1. The first-order chi connectivity index (χ1) is 14.6. The molecule has 2 aromatic heterocycles. The number of benzene rings is 2. The van der Waals surface area contributed by atoms with E-state index in [1.807, 2.05) is 36.4 Å². The first-order valence-corrected chi connectivity index (χ1v) is 9.82. The molecule has 0 bridgehead atoms. The molecule has 4 aromatic rings. The van der Waals surface area contributed by atoms with Gasteiger partial charge in [-0.25, -0.2) is 4.98 Å². The summed E-state index contributed by atoms with van der Waals surface area (Å²) in [6.07, 6.45) is 3.77. The molecule has 1 atom stereocenters. The van der Waals surface area contributed by atoms with Crippen LogP contribution in [-0.2, 0) is 11.8 Å². The average molecular weight is 400 g/mol. The van der Waals surface area contributed by atoms with E-state index in [0.717, 1.165) is 27.8 Å². The number of hydrogen-bond acceptors (Lipinski definition) is 5. The molecule has 3 heterocycles. The van der Waals surface area contributed by atoms with E-state index < -0.39 is 0 Å². The molecule has 0 unspecified atom stereocenters. The van der Waals surface area contributed by atoms with Gasteiger partial charge in [0.15, 0.2) is 0 Å². The number of amides is 1. The van der Waals surface area contributed by atoms with Crippen LogP contribution < -0.4 is 15.6 Å². The second-order valence-corrected chi connectivity index (χ2v) is 7.62. The van der Waals surface area contributed by atoms with Crippen LogP contribution in [0.5, 0.6) is 5.75 Å². The topological polar surface area (TPSA) is 86.1 Å². The predicted octanol–water partition coefficient (Wildman–Crippen LogP) is 2.66. The van der Waals surface area contributed by atoms with E-state index in [-0.39, 0.29) is 17.4 Å². The summed E-state index contributed by atoms with van der Waals surface area (Å²) in [6, 6.07) is 13.5. The van der Waals surface area contributed by atoms with Crippen LogP contribution >= 0.6 is 0 Å². The first-order valence-electron chi connectivity index (χ1n) is 9.82. The number of hydrogen-bond donors (Lipinski definition) is 1. The van der Waals surface area contributed by atoms with E-state index in [1.165, 1.54) is 10.9 Å². The van der Waals surface area contributed by atoms with Crippen molar-refractivity contribution >= 4 is 27.7 Å². The van der Waals surface area contributed by atoms with Gasteiger partial charge >= 0.3 is 0 Å². The van der Waals surface area contributed by atoms with Crippen LogP contribution in [0.15, 0.2) is 59.8 Å². The van der Waals surface area contributed by atoms with Gasteiger partial charge in [0.1, 0.15) is 5.75 Å². The van der Waals surface area contributed by atoms with Gasteiger partial charge in [-0.15, -0.1) is 0 Å². The molecule has 30 heavy (non-hydrogen) atoms. The van der Waals surface area contributed by atoms with Gasteiger partial charge in [0.2, 0.25) is 5.91 Å². The van der Waals surface area contributed by atoms with Crippen LogP contribution in [0.2, 0.25) is 0 Å². The smallest absolute Gasteiger partial charge is 0.260 e. The van der Waals surface area contributed by atoms with Gasteiger partial charge in [0, 0.05) is 37.5 Å². The first kappa shape index (κ1) is 18.3. The van der Waals surface area contributed by atoms with Crippen molar-refractivity contribution < 1.29 is 9.53 Å². The van der Waals surface area contributed by atoms with Crippen molar-refractivity contribution in [3.63, 3.8) is 0 Å². The van der Waals surface area contributed by atoms with Crippen molar-refractivity contribution in [3.8, 4) is 16.9 Å². The summed E-state index contributed by atoms with van der Waals surface area (Å²) < 4.78 is 7.60. The SMILES string of the molecule is Cn1cnc2cc(-c3cc(OC[C@H]4CNC(=O)C4)c4cccnc4c3)ccc2c1=O. The van der Waals surface area contributed by atoms with Crippen molar-refractivity contribution in [1.82, 2.24) is 19.9 Å². The van der Waals surface area contributed by atoms with Gasteiger partial charge in [0.25, 0.3) is 5.56 Å². The Labute approximate surface area is 172 Å². The number of pyridine rings is 1. The maximum Gasteiger partial charge on any atom is 0.260 e. The monoisotopic (exact) mass is 400 g/mol. The molecular weight excluding hydrogens is 380 g/mol. The zero-order valence-electron chi connectivity index (χ0n) is 16.5. The Morgan fingerprint density at radius 3 is 2.73 bits per heavy atom. The normalized spacial score (nSPS) is 16.2. The summed E-state index contributed by atoms with van der Waals surface area (Å²) in [7, 11) is 1.69. The fraction of sp³-hybridized carbons (Fsp3) is 0.217. The minimum absolute atomic E-state index is 0.0682. The van der Waals surface area contributed by atoms with Gasteiger partial charge in [0.05, 0.1) is 29.4 Å². The lowest BCUT2D eigenvalue weighted by Crippen LogP contribution is -2.17. The van der Waals surface area contributed by atoms with Gasteiger partial charge in [-0.05, 0) is 47.5 Å². The predicted molar refractivity (Wildman–Crippen MR) is 114 cm³/mol. The summed E-state index contributed by atoms with van der Waals surface area (Å²) in [5.41, 5.74) is 3.26. The number of aromatic nitrogens is 3. The van der Waals surface area contributed by atoms with Crippen molar-refractivity contribution in [2.45, 2.75) is 6.42 Å². The third-order valence-corrected chi connectivity index (χ3v) is 5.47. The molecule has 1 aliphatic heterocycles. The zero-order chi connectivity index (χ0) is 20.7. The van der Waals surface area contributed by atoms with Crippen molar-refractivity contribution in [2.75, 3.05) is 13.2 Å².